The van der Waals surface area contributed by atoms with E-state index in [1.807, 2.05) is 23.8 Å². The van der Waals surface area contributed by atoms with Gasteiger partial charge >= 0.3 is 0 Å². The number of piperidine rings is 1. The zero-order valence-electron chi connectivity index (χ0n) is 10.9. The third-order valence-electron chi connectivity index (χ3n) is 3.33. The second kappa shape index (κ2) is 6.59. The number of nitrogens with zero attached hydrogens (tertiary/aromatic N) is 2. The van der Waals surface area contributed by atoms with Gasteiger partial charge in [-0.3, -0.25) is 9.59 Å². The van der Waals surface area contributed by atoms with E-state index in [1.165, 1.54) is 7.11 Å². The normalized spacial score (nSPS) is 17.0. The van der Waals surface area contributed by atoms with Crippen LogP contribution in [0.25, 0.3) is 0 Å². The number of likely N-dealkylation sites (tertiary alicyclic amines) is 1. The zero-order valence-corrected chi connectivity index (χ0v) is 10.9. The zero-order chi connectivity index (χ0) is 12.8. The maximum absolute atomic E-state index is 11.6. The van der Waals surface area contributed by atoms with Crippen molar-refractivity contribution >= 4 is 11.8 Å². The maximum atomic E-state index is 11.6. The molecule has 5 heteroatoms. The van der Waals surface area contributed by atoms with Crippen molar-refractivity contribution in [3.63, 3.8) is 0 Å². The molecule has 0 bridgehead atoms. The monoisotopic (exact) mass is 242 g/mol. The molecule has 1 rings (SSSR count). The molecule has 0 spiro atoms. The first kappa shape index (κ1) is 14.0. The molecule has 0 radical (unpaired) electrons. The Hall–Kier alpha value is -1.10. The summed E-state index contributed by atoms with van der Waals surface area (Å²) in [6, 6.07) is 0.272. The van der Waals surface area contributed by atoms with Crippen LogP contribution < -0.4 is 0 Å². The molecule has 0 aromatic carbocycles. The molecule has 17 heavy (non-hydrogen) atoms. The molecule has 5 nitrogen and oxygen atoms in total. The van der Waals surface area contributed by atoms with Crippen molar-refractivity contribution in [1.82, 2.24) is 9.80 Å². The summed E-state index contributed by atoms with van der Waals surface area (Å²) in [5, 5.41) is 0. The summed E-state index contributed by atoms with van der Waals surface area (Å²) in [5.41, 5.74) is 0. The van der Waals surface area contributed by atoms with Crippen LogP contribution in [0.2, 0.25) is 0 Å². The summed E-state index contributed by atoms with van der Waals surface area (Å²) in [5.74, 6) is 0.210. The fourth-order valence-corrected chi connectivity index (χ4v) is 2.17. The molecule has 0 aromatic rings. The third kappa shape index (κ3) is 3.70. The van der Waals surface area contributed by atoms with Crippen LogP contribution in [0.5, 0.6) is 0 Å². The topological polar surface area (TPSA) is 49.9 Å². The first-order valence-electron chi connectivity index (χ1n) is 6.12. The molecule has 2 amide bonds. The molecule has 1 heterocycles. The first-order chi connectivity index (χ1) is 8.10. The fourth-order valence-electron chi connectivity index (χ4n) is 2.17. The highest BCUT2D eigenvalue weighted by atomic mass is 16.5. The lowest BCUT2D eigenvalue weighted by atomic mass is 10.0. The number of rotatable bonds is 4. The average Bonchev–Trinajstić information content (AvgIpc) is 2.37. The number of hydrogen-bond donors (Lipinski definition) is 0. The van der Waals surface area contributed by atoms with Gasteiger partial charge in [-0.15, -0.1) is 0 Å². The molecular formula is C12H22N2O3. The summed E-state index contributed by atoms with van der Waals surface area (Å²) in [6.07, 6.45) is 2.26. The van der Waals surface area contributed by atoms with E-state index in [0.29, 0.717) is 19.5 Å². The average molecular weight is 242 g/mol. The molecule has 1 saturated heterocycles. The van der Waals surface area contributed by atoms with Gasteiger partial charge in [0.2, 0.25) is 11.8 Å². The Morgan fingerprint density at radius 2 is 1.94 bits per heavy atom. The molecule has 0 N–H and O–H groups in total. The van der Waals surface area contributed by atoms with E-state index in [9.17, 15) is 9.59 Å². The highest BCUT2D eigenvalue weighted by molar-refractivity contribution is 5.78. The van der Waals surface area contributed by atoms with E-state index in [2.05, 4.69) is 0 Å². The van der Waals surface area contributed by atoms with Gasteiger partial charge in [-0.25, -0.2) is 0 Å². The molecule has 0 unspecified atom stereocenters. The van der Waals surface area contributed by atoms with Crippen molar-refractivity contribution < 1.29 is 14.3 Å². The molecule has 0 aliphatic carbocycles. The van der Waals surface area contributed by atoms with Crippen LogP contribution in [0.3, 0.4) is 0 Å². The van der Waals surface area contributed by atoms with Gasteiger partial charge < -0.3 is 14.5 Å². The fraction of sp³-hybridized carbons (Fsp3) is 0.833. The summed E-state index contributed by atoms with van der Waals surface area (Å²) in [6.45, 7) is 3.45. The van der Waals surface area contributed by atoms with Crippen LogP contribution in [0.1, 0.15) is 26.2 Å². The van der Waals surface area contributed by atoms with Gasteiger partial charge in [-0.05, 0) is 12.8 Å². The molecule has 1 aliphatic heterocycles. The summed E-state index contributed by atoms with van der Waals surface area (Å²) in [7, 11) is 3.38. The SMILES string of the molecule is CCC(=O)N(C)C1CCN(C(=O)COC)CC1. The van der Waals surface area contributed by atoms with E-state index in [1.54, 1.807) is 0 Å². The molecule has 1 fully saturated rings. The van der Waals surface area contributed by atoms with E-state index < -0.39 is 0 Å². The Morgan fingerprint density at radius 3 is 2.41 bits per heavy atom. The Bertz CT molecular complexity index is 273. The van der Waals surface area contributed by atoms with Crippen LogP contribution in [-0.4, -0.2) is 61.5 Å². The molecule has 0 atom stereocenters. The minimum atomic E-state index is 0.0374. The van der Waals surface area contributed by atoms with Gasteiger partial charge in [-0.1, -0.05) is 6.92 Å². The van der Waals surface area contributed by atoms with Gasteiger partial charge in [0.05, 0.1) is 0 Å². The van der Waals surface area contributed by atoms with Crippen molar-refractivity contribution in [2.75, 3.05) is 33.9 Å². The highest BCUT2D eigenvalue weighted by Gasteiger charge is 2.26. The Morgan fingerprint density at radius 1 is 1.35 bits per heavy atom. The van der Waals surface area contributed by atoms with Gasteiger partial charge in [0.25, 0.3) is 0 Å². The second-order valence-electron chi connectivity index (χ2n) is 4.40. The van der Waals surface area contributed by atoms with Gasteiger partial charge in [0.15, 0.2) is 0 Å². The number of methoxy groups -OCH3 is 1. The van der Waals surface area contributed by atoms with Crippen LogP contribution in [-0.2, 0) is 14.3 Å². The number of carbonyl (C=O) groups excluding carboxylic acids is 2. The van der Waals surface area contributed by atoms with Crippen LogP contribution in [0.4, 0.5) is 0 Å². The maximum Gasteiger partial charge on any atom is 0.248 e. The van der Waals surface area contributed by atoms with Crippen molar-refractivity contribution in [3.05, 3.63) is 0 Å². The molecule has 0 aromatic heterocycles. The molecule has 1 aliphatic rings. The second-order valence-corrected chi connectivity index (χ2v) is 4.40. The summed E-state index contributed by atoms with van der Waals surface area (Å²) >= 11 is 0. The molecular weight excluding hydrogens is 220 g/mol. The lowest BCUT2D eigenvalue weighted by Crippen LogP contribution is -2.47. The standard InChI is InChI=1S/C12H22N2O3/c1-4-11(15)13(2)10-5-7-14(8-6-10)12(16)9-17-3/h10H,4-9H2,1-3H3. The minimum Gasteiger partial charge on any atom is -0.375 e. The van der Waals surface area contributed by atoms with Crippen molar-refractivity contribution in [2.45, 2.75) is 32.2 Å². The first-order valence-corrected chi connectivity index (χ1v) is 6.12. The summed E-state index contributed by atoms with van der Waals surface area (Å²) in [4.78, 5) is 26.8. The van der Waals surface area contributed by atoms with Crippen LogP contribution >= 0.6 is 0 Å². The van der Waals surface area contributed by atoms with Crippen molar-refractivity contribution in [2.24, 2.45) is 0 Å². The van der Waals surface area contributed by atoms with Crippen LogP contribution in [0, 0.1) is 0 Å². The lowest BCUT2D eigenvalue weighted by molar-refractivity contribution is -0.138. The Labute approximate surface area is 103 Å². The van der Waals surface area contributed by atoms with E-state index in [-0.39, 0.29) is 24.5 Å². The predicted molar refractivity (Wildman–Crippen MR) is 64.5 cm³/mol. The van der Waals surface area contributed by atoms with Gasteiger partial charge in [-0.2, -0.15) is 0 Å². The van der Waals surface area contributed by atoms with Crippen LogP contribution in [0.15, 0.2) is 0 Å². The van der Waals surface area contributed by atoms with Crippen molar-refractivity contribution in [3.8, 4) is 0 Å². The van der Waals surface area contributed by atoms with Gasteiger partial charge in [0, 0.05) is 39.7 Å². The number of hydrogen-bond acceptors (Lipinski definition) is 3. The van der Waals surface area contributed by atoms with E-state index in [0.717, 1.165) is 12.8 Å². The highest BCUT2D eigenvalue weighted by Crippen LogP contribution is 2.16. The lowest BCUT2D eigenvalue weighted by Gasteiger charge is -2.36. The van der Waals surface area contributed by atoms with E-state index >= 15 is 0 Å². The number of carbonyl (C=O) groups is 2. The van der Waals surface area contributed by atoms with E-state index in [4.69, 9.17) is 4.74 Å². The third-order valence-corrected chi connectivity index (χ3v) is 3.33. The van der Waals surface area contributed by atoms with Gasteiger partial charge in [0.1, 0.15) is 6.61 Å². The minimum absolute atomic E-state index is 0.0374. The van der Waals surface area contributed by atoms with Crippen molar-refractivity contribution in [1.29, 1.82) is 0 Å². The Balaban J connectivity index is 2.40. The smallest absolute Gasteiger partial charge is 0.248 e. The summed E-state index contributed by atoms with van der Waals surface area (Å²) < 4.78 is 4.83. The Kier molecular flexibility index (Phi) is 5.41. The largest absolute Gasteiger partial charge is 0.375 e. The quantitative estimate of drug-likeness (QED) is 0.721. The number of ether oxygens (including phenoxy) is 1. The molecule has 0 saturated carbocycles. The number of amides is 2. The predicted octanol–water partition coefficient (Wildman–Crippen LogP) is 0.492. The molecule has 98 valence electrons.